The summed E-state index contributed by atoms with van der Waals surface area (Å²) in [6.45, 7) is 3.37. The van der Waals surface area contributed by atoms with Crippen LogP contribution in [-0.2, 0) is 42.3 Å². The van der Waals surface area contributed by atoms with Crippen LogP contribution in [0.2, 0.25) is 0 Å². The maximum Gasteiger partial charge on any atom is 0.282 e. The van der Waals surface area contributed by atoms with Crippen LogP contribution in [0, 0.1) is 107 Å². The zero-order valence-corrected chi connectivity index (χ0v) is 83.3. The standard InChI is InChI=1S/C18H20N2O3.C18H22N2O.2C18H21NO.C13H9N3O5S.C13H9N3O4S2.C13H13N3O2/c21-17-14-2-1-3-16(20(22)23)15(14)10-19(17)18-7-11-4-12(8-18)6-13(5-11)9-18;19-16-3-1-2-14-15(16)10-20(17(14)21)18-7-11-4-12(8-18)6-13(5-11)9-18;20-17-16-4-2-1-3-15(16)11-19(17)18-8-12-5-13(9-18)7-14(6-12)10-18;20-18-16-4-2-1-3-13(16)10-19(18)17-14-6-11-5-12(8-14)9-15(17)7-11;17-11-8(4-5-9(22)14-11)15-12(18)6-2-1-3-7(16(20)21)10(6)13(15)19;17-12-6-2-1-3-7(16(19)20)10(6)13(18)15(12)8-4-5-9(21)14-11(8)22;14-9-4-3-8-7-16(13(18)10(8)6-9)11-2-1-5-15-12(11)17/h1-3,11-13H,4-10H2;1-3,11-13H,4-10,19H2;1-4,12-14H,5-11H2;1-4,11-12,14-15,17H,5-10H2;1-3,8H,4-5H2,(H,14,17,22);1-3,8H,4-5H2,(H,14,21,22);1,3-6,11H,2,7,14H2,(H,15,17). The van der Waals surface area contributed by atoms with E-state index in [9.17, 15) is 83.1 Å². The molecule has 10 heterocycles. The average Bonchev–Trinajstić information content (AvgIpc) is 1.48. The number of amides is 11. The molecule has 3 unspecified atom stereocenters. The maximum atomic E-state index is 13.0. The van der Waals surface area contributed by atoms with Crippen LogP contribution in [-0.4, -0.2) is 170 Å². The first-order chi connectivity index (χ1) is 70.2. The van der Waals surface area contributed by atoms with Gasteiger partial charge in [0.15, 0.2) is 0 Å². The lowest BCUT2D eigenvalue weighted by Crippen LogP contribution is -2.60. The van der Waals surface area contributed by atoms with Gasteiger partial charge >= 0.3 is 0 Å². The van der Waals surface area contributed by atoms with Gasteiger partial charge < -0.3 is 51.9 Å². The largest absolute Gasteiger partial charge is 0.399 e. The van der Waals surface area contributed by atoms with Crippen molar-refractivity contribution >= 4 is 145 Å². The summed E-state index contributed by atoms with van der Waals surface area (Å²) in [5.41, 5.74) is 21.3. The molecule has 16 bridgehead atoms. The smallest absolute Gasteiger partial charge is 0.282 e. The Balaban J connectivity index is 0.0000000941. The number of nitrogens with two attached hydrogens (primary N) is 2. The normalized spacial score (nSPS) is 31.9. The van der Waals surface area contributed by atoms with Crippen molar-refractivity contribution in [3.63, 3.8) is 0 Å². The summed E-state index contributed by atoms with van der Waals surface area (Å²) < 4.78 is 0. The number of carbonyl (C=O) groups excluding carboxylic acids is 11. The van der Waals surface area contributed by atoms with E-state index >= 15 is 0 Å². The van der Waals surface area contributed by atoms with Crippen LogP contribution < -0.4 is 27.4 Å². The third-order valence-corrected chi connectivity index (χ3v) is 37.7. The van der Waals surface area contributed by atoms with E-state index in [1.165, 1.54) is 176 Å². The zero-order chi connectivity index (χ0) is 101. The number of benzene rings is 7. The van der Waals surface area contributed by atoms with Crippen molar-refractivity contribution in [2.75, 3.05) is 11.5 Å². The van der Waals surface area contributed by atoms with Gasteiger partial charge in [0.2, 0.25) is 11.8 Å². The first-order valence-electron chi connectivity index (χ1n) is 51.9. The van der Waals surface area contributed by atoms with Crippen molar-refractivity contribution in [3.8, 4) is 0 Å². The van der Waals surface area contributed by atoms with Crippen LogP contribution in [0.4, 0.5) is 28.4 Å². The van der Waals surface area contributed by atoms with Gasteiger partial charge in [-0.3, -0.25) is 92.9 Å². The van der Waals surface area contributed by atoms with E-state index in [-0.39, 0.29) is 90.2 Å². The summed E-state index contributed by atoms with van der Waals surface area (Å²) in [7, 11) is 0. The number of hydrogen-bond donors (Lipinski definition) is 5. The highest BCUT2D eigenvalue weighted by Crippen LogP contribution is 2.64. The SMILES string of the molecule is Nc1ccc2c(c1)C(=O)N(C1CC=CNC1=O)C2.Nc1cccc2c1CN(C13CC4CC(CC(C4)C1)C3)C2=O.O=C1NC(=S)CCC1N1C(=O)c2cccc([N+](=O)[O-])c2C1=O.O=C1c2cccc([N+](=O)[O-])c2C(=O)N1C1CCC(=S)NC1=S.O=C1c2cccc([N+](=O)[O-])c2CN1C12CC3CC(CC(C3)C1)C2.O=C1c2ccccc2CN1C12CC3CC(CC(C3)C1)C2.O=C1c2ccccc2CN1C1C2CC3CC(C2)CC1C3. The summed E-state index contributed by atoms with van der Waals surface area (Å²) in [5.74, 6) is 8.42. The van der Waals surface area contributed by atoms with Gasteiger partial charge in [0.25, 0.3) is 70.2 Å². The monoisotopic (exact) mass is 2030 g/mol. The van der Waals surface area contributed by atoms with Crippen molar-refractivity contribution in [1.82, 2.24) is 50.2 Å². The highest BCUT2D eigenvalue weighted by atomic mass is 32.1. The van der Waals surface area contributed by atoms with Gasteiger partial charge in [-0.05, 0) is 321 Å². The van der Waals surface area contributed by atoms with Gasteiger partial charge in [-0.1, -0.05) is 109 Å². The summed E-state index contributed by atoms with van der Waals surface area (Å²) in [5, 5.41) is 41.2. The number of thiocarbonyl (C=S) groups is 3. The fourth-order valence-electron chi connectivity index (χ4n) is 32.1. The fraction of sp³-hybridized carbons (Fsp3) is 0.477. The van der Waals surface area contributed by atoms with E-state index < -0.39 is 63.2 Å². The molecule has 16 saturated carbocycles. The fourth-order valence-corrected chi connectivity index (χ4v) is 32.9. The molecule has 18 fully saturated rings. The Morgan fingerprint density at radius 2 is 0.726 bits per heavy atom. The van der Waals surface area contributed by atoms with Gasteiger partial charge in [0, 0.05) is 119 Å². The van der Waals surface area contributed by atoms with Crippen LogP contribution in [0.5, 0.6) is 0 Å². The van der Waals surface area contributed by atoms with E-state index in [1.54, 1.807) is 35.4 Å². The van der Waals surface area contributed by atoms with E-state index in [2.05, 4.69) is 54.9 Å². The Labute approximate surface area is 859 Å². The van der Waals surface area contributed by atoms with Crippen LogP contribution >= 0.6 is 36.7 Å². The first-order valence-corrected chi connectivity index (χ1v) is 53.1. The van der Waals surface area contributed by atoms with Crippen LogP contribution in [0.3, 0.4) is 0 Å². The van der Waals surface area contributed by atoms with Gasteiger partial charge in [-0.25, -0.2) is 0 Å². The molecule has 146 heavy (non-hydrogen) atoms. The highest BCUT2D eigenvalue weighted by molar-refractivity contribution is 7.82. The molecule has 10 aliphatic heterocycles. The van der Waals surface area contributed by atoms with Crippen molar-refractivity contribution in [2.45, 2.75) is 253 Å². The number of piperidine rings is 2. The van der Waals surface area contributed by atoms with Gasteiger partial charge in [-0.2, -0.15) is 0 Å². The van der Waals surface area contributed by atoms with Crippen molar-refractivity contribution in [3.05, 3.63) is 260 Å². The van der Waals surface area contributed by atoms with Crippen LogP contribution in [0.1, 0.15) is 301 Å². The lowest BCUT2D eigenvalue weighted by atomic mass is 9.52. The molecule has 33 rings (SSSR count). The molecule has 7 aromatic carbocycles. The number of anilines is 2. The molecule has 26 aliphatic rings. The summed E-state index contributed by atoms with van der Waals surface area (Å²) in [6, 6.07) is 38.7. The quantitative estimate of drug-likeness (QED) is 0.0279. The van der Waals surface area contributed by atoms with Crippen LogP contribution in [0.25, 0.3) is 0 Å². The molecule has 2 saturated heterocycles. The second-order valence-electron chi connectivity index (χ2n) is 45.5. The lowest BCUT2D eigenvalue weighted by molar-refractivity contribution is -0.385. The minimum atomic E-state index is -1.00. The van der Waals surface area contributed by atoms with E-state index in [0.717, 1.165) is 165 Å². The third-order valence-electron chi connectivity index (χ3n) is 36.7. The number of nitro groups is 3. The molecule has 35 heteroatoms. The predicted octanol–water partition coefficient (Wildman–Crippen LogP) is 16.8. The number of nitro benzene ring substituents is 3. The number of nitrogens with zero attached hydrogens (tertiary/aromatic N) is 10. The second kappa shape index (κ2) is 37.3. The molecule has 32 nitrogen and oxygen atoms in total. The number of nitrogen functional groups attached to an aromatic ring is 2. The Morgan fingerprint density at radius 3 is 1.18 bits per heavy atom. The Hall–Kier alpha value is -13.3. The van der Waals surface area contributed by atoms with Gasteiger partial charge in [0.1, 0.15) is 28.2 Å². The zero-order valence-electron chi connectivity index (χ0n) is 80.9. The summed E-state index contributed by atoms with van der Waals surface area (Å²) in [6.07, 6.45) is 35.9. The van der Waals surface area contributed by atoms with Gasteiger partial charge in [0.05, 0.1) is 59.6 Å². The Bertz CT molecular complexity index is 6610. The molecule has 3 atom stereocenters. The molecule has 754 valence electrons. The number of imide groups is 2. The molecular formula is C111H115N15O17S3. The van der Waals surface area contributed by atoms with Crippen molar-refractivity contribution in [2.24, 2.45) is 76.9 Å². The Kier molecular flexibility index (Phi) is 24.6. The summed E-state index contributed by atoms with van der Waals surface area (Å²) >= 11 is 15.1. The van der Waals surface area contributed by atoms with Crippen LogP contribution in [0.15, 0.2) is 152 Å². The third kappa shape index (κ3) is 16.8. The molecule has 7 N–H and O–H groups in total. The number of nitrogens with one attached hydrogen (secondary N) is 3. The average molecular weight is 2030 g/mol. The Morgan fingerprint density at radius 1 is 0.342 bits per heavy atom. The molecule has 11 amide bonds. The minimum absolute atomic E-state index is 0.0191. The van der Waals surface area contributed by atoms with E-state index in [4.69, 9.17) is 48.1 Å². The topological polar surface area (TPSA) is 428 Å². The van der Waals surface area contributed by atoms with E-state index in [1.807, 2.05) is 59.5 Å². The first kappa shape index (κ1) is 96.2. The predicted molar refractivity (Wildman–Crippen MR) is 549 cm³/mol. The number of fused-ring (bicyclic) bond motifs is 7. The number of rotatable bonds is 10. The lowest BCUT2D eigenvalue weighted by Gasteiger charge is -2.59. The second-order valence-corrected chi connectivity index (χ2v) is 46.9. The molecule has 7 aromatic rings. The van der Waals surface area contributed by atoms with Crippen molar-refractivity contribution < 1.29 is 67.5 Å². The van der Waals surface area contributed by atoms with Crippen molar-refractivity contribution in [1.29, 1.82) is 0 Å². The van der Waals surface area contributed by atoms with Gasteiger partial charge in [-0.15, -0.1) is 0 Å². The minimum Gasteiger partial charge on any atom is -0.399 e. The maximum absolute atomic E-state index is 13.0. The summed E-state index contributed by atoms with van der Waals surface area (Å²) in [4.78, 5) is 182. The molecule has 0 aromatic heterocycles. The molecule has 0 radical (unpaired) electrons. The molecule has 0 spiro atoms. The molecule has 16 aliphatic carbocycles. The molecular weight excluding hydrogens is 1910 g/mol. The number of hydrogen-bond acceptors (Lipinski definition) is 22. The van der Waals surface area contributed by atoms with E-state index in [0.29, 0.717) is 89.0 Å². The highest BCUT2D eigenvalue weighted by Gasteiger charge is 2.62. The number of carbonyl (C=O) groups is 11.